The Kier molecular flexibility index (Phi) is 2.19. The average molecular weight is 182 g/mol. The molecule has 0 radical (unpaired) electrons. The molecule has 1 aliphatic heterocycles. The molecule has 0 spiro atoms. The maximum absolute atomic E-state index is 12.9. The van der Waals surface area contributed by atoms with Gasteiger partial charge in [0.2, 0.25) is 0 Å². The second-order valence-corrected chi connectivity index (χ2v) is 3.20. The molecule has 0 aromatic heterocycles. The van der Waals surface area contributed by atoms with Crippen molar-refractivity contribution < 1.29 is 14.2 Å². The lowest BCUT2D eigenvalue weighted by Gasteiger charge is -2.24. The topological polar surface area (TPSA) is 29.5 Å². The minimum Gasteiger partial charge on any atom is -0.493 e. The zero-order chi connectivity index (χ0) is 9.26. The van der Waals surface area contributed by atoms with E-state index in [0.29, 0.717) is 12.4 Å². The molecule has 3 heteroatoms. The fourth-order valence-corrected chi connectivity index (χ4v) is 1.63. The molecule has 1 heterocycles. The number of aliphatic hydroxyl groups excluding tert-OH is 1. The van der Waals surface area contributed by atoms with Gasteiger partial charge in [0, 0.05) is 11.5 Å². The quantitative estimate of drug-likeness (QED) is 0.716. The molecule has 1 aromatic rings. The largest absolute Gasteiger partial charge is 0.493 e. The number of hydrogen-bond acceptors (Lipinski definition) is 2. The monoisotopic (exact) mass is 182 g/mol. The molecular formula is C10H11FO2. The zero-order valence-corrected chi connectivity index (χ0v) is 7.16. The fourth-order valence-electron chi connectivity index (χ4n) is 1.63. The second-order valence-electron chi connectivity index (χ2n) is 3.20. The van der Waals surface area contributed by atoms with Crippen LogP contribution >= 0.6 is 0 Å². The Morgan fingerprint density at radius 1 is 1.54 bits per heavy atom. The molecule has 0 saturated heterocycles. The fraction of sp³-hybridized carbons (Fsp3) is 0.400. The summed E-state index contributed by atoms with van der Waals surface area (Å²) in [5.41, 5.74) is 0.786. The number of fused-ring (bicyclic) bond motifs is 1. The van der Waals surface area contributed by atoms with Crippen LogP contribution in [0.3, 0.4) is 0 Å². The molecule has 2 nitrogen and oxygen atoms in total. The molecule has 0 amide bonds. The molecule has 70 valence electrons. The summed E-state index contributed by atoms with van der Waals surface area (Å²) < 4.78 is 18.2. The van der Waals surface area contributed by atoms with E-state index in [0.717, 1.165) is 12.0 Å². The van der Waals surface area contributed by atoms with Crippen LogP contribution in [0.2, 0.25) is 0 Å². The van der Waals surface area contributed by atoms with Gasteiger partial charge in [-0.1, -0.05) is 0 Å². The summed E-state index contributed by atoms with van der Waals surface area (Å²) in [5, 5.41) is 9.05. The van der Waals surface area contributed by atoms with E-state index in [1.807, 2.05) is 0 Å². The van der Waals surface area contributed by atoms with E-state index >= 15 is 0 Å². The predicted molar refractivity (Wildman–Crippen MR) is 46.3 cm³/mol. The van der Waals surface area contributed by atoms with E-state index in [2.05, 4.69) is 0 Å². The molecule has 1 aromatic carbocycles. The number of aliphatic hydroxyl groups is 1. The molecule has 1 aliphatic rings. The van der Waals surface area contributed by atoms with Gasteiger partial charge in [0.15, 0.2) is 0 Å². The predicted octanol–water partition coefficient (Wildman–Crippen LogP) is 1.68. The summed E-state index contributed by atoms with van der Waals surface area (Å²) in [6.45, 7) is 0.656. The van der Waals surface area contributed by atoms with Gasteiger partial charge in [-0.15, -0.1) is 0 Å². The third-order valence-corrected chi connectivity index (χ3v) is 2.36. The summed E-state index contributed by atoms with van der Waals surface area (Å²) in [7, 11) is 0. The minimum absolute atomic E-state index is 0.0273. The first-order chi connectivity index (χ1) is 6.31. The maximum atomic E-state index is 12.9. The first kappa shape index (κ1) is 8.51. The highest BCUT2D eigenvalue weighted by Gasteiger charge is 2.20. The van der Waals surface area contributed by atoms with Crippen molar-refractivity contribution in [1.82, 2.24) is 0 Å². The Balaban J connectivity index is 2.41. The minimum atomic E-state index is -0.275. The van der Waals surface area contributed by atoms with E-state index in [4.69, 9.17) is 9.84 Å². The Morgan fingerprint density at radius 3 is 3.15 bits per heavy atom. The van der Waals surface area contributed by atoms with E-state index < -0.39 is 0 Å². The lowest BCUT2D eigenvalue weighted by Crippen LogP contribution is -2.16. The maximum Gasteiger partial charge on any atom is 0.123 e. The molecule has 0 saturated carbocycles. The van der Waals surface area contributed by atoms with Gasteiger partial charge in [-0.05, 0) is 24.6 Å². The van der Waals surface area contributed by atoms with Gasteiger partial charge in [-0.25, -0.2) is 4.39 Å². The summed E-state index contributed by atoms with van der Waals surface area (Å²) in [5.74, 6) is 0.453. The van der Waals surface area contributed by atoms with Crippen molar-refractivity contribution in [1.29, 1.82) is 0 Å². The molecule has 13 heavy (non-hydrogen) atoms. The van der Waals surface area contributed by atoms with E-state index in [1.165, 1.54) is 12.1 Å². The van der Waals surface area contributed by atoms with Crippen molar-refractivity contribution in [3.8, 4) is 5.75 Å². The molecule has 1 atom stereocenters. The standard InChI is InChI=1S/C10H11FO2/c11-8-1-2-10-9(5-8)7(6-12)3-4-13-10/h1-2,5,7,12H,3-4,6H2. The third kappa shape index (κ3) is 1.52. The van der Waals surface area contributed by atoms with Crippen LogP contribution in [0.5, 0.6) is 5.75 Å². The van der Waals surface area contributed by atoms with E-state index in [1.54, 1.807) is 6.07 Å². The molecule has 0 bridgehead atoms. The first-order valence-corrected chi connectivity index (χ1v) is 4.34. The highest BCUT2D eigenvalue weighted by molar-refractivity contribution is 5.38. The Labute approximate surface area is 76.0 Å². The van der Waals surface area contributed by atoms with Crippen molar-refractivity contribution in [2.24, 2.45) is 0 Å². The van der Waals surface area contributed by atoms with Crippen molar-refractivity contribution in [3.05, 3.63) is 29.6 Å². The van der Waals surface area contributed by atoms with E-state index in [-0.39, 0.29) is 18.3 Å². The average Bonchev–Trinajstić information content (AvgIpc) is 2.17. The molecule has 0 fully saturated rings. The van der Waals surface area contributed by atoms with Crippen LogP contribution in [-0.4, -0.2) is 18.3 Å². The van der Waals surface area contributed by atoms with Gasteiger partial charge < -0.3 is 9.84 Å². The summed E-state index contributed by atoms with van der Waals surface area (Å²) in [6.07, 6.45) is 0.757. The molecule has 2 rings (SSSR count). The number of halogens is 1. The van der Waals surface area contributed by atoms with Crippen LogP contribution in [-0.2, 0) is 0 Å². The first-order valence-electron chi connectivity index (χ1n) is 4.34. The van der Waals surface area contributed by atoms with Crippen LogP contribution in [0.25, 0.3) is 0 Å². The van der Waals surface area contributed by atoms with Crippen LogP contribution in [0.15, 0.2) is 18.2 Å². The van der Waals surface area contributed by atoms with Gasteiger partial charge in [0.25, 0.3) is 0 Å². The molecule has 0 aliphatic carbocycles. The highest BCUT2D eigenvalue weighted by Crippen LogP contribution is 2.33. The third-order valence-electron chi connectivity index (χ3n) is 2.36. The van der Waals surface area contributed by atoms with Crippen LogP contribution in [0.4, 0.5) is 4.39 Å². The smallest absolute Gasteiger partial charge is 0.123 e. The van der Waals surface area contributed by atoms with Crippen molar-refractivity contribution in [2.45, 2.75) is 12.3 Å². The Morgan fingerprint density at radius 2 is 2.38 bits per heavy atom. The van der Waals surface area contributed by atoms with Gasteiger partial charge >= 0.3 is 0 Å². The second kappa shape index (κ2) is 3.34. The van der Waals surface area contributed by atoms with E-state index in [9.17, 15) is 4.39 Å². The van der Waals surface area contributed by atoms with Gasteiger partial charge in [-0.2, -0.15) is 0 Å². The van der Waals surface area contributed by atoms with Crippen molar-refractivity contribution in [3.63, 3.8) is 0 Å². The lowest BCUT2D eigenvalue weighted by atomic mass is 9.94. The van der Waals surface area contributed by atoms with Crippen molar-refractivity contribution in [2.75, 3.05) is 13.2 Å². The molecule has 1 unspecified atom stereocenters. The van der Waals surface area contributed by atoms with Gasteiger partial charge in [0.05, 0.1) is 13.2 Å². The Bertz CT molecular complexity index is 312. The summed E-state index contributed by atoms with van der Waals surface area (Å²) in [6, 6.07) is 4.43. The SMILES string of the molecule is OCC1CCOc2ccc(F)cc21. The molecular weight excluding hydrogens is 171 g/mol. The lowest BCUT2D eigenvalue weighted by molar-refractivity contribution is 0.204. The zero-order valence-electron chi connectivity index (χ0n) is 7.16. The number of benzene rings is 1. The van der Waals surface area contributed by atoms with Gasteiger partial charge in [-0.3, -0.25) is 0 Å². The Hall–Kier alpha value is -1.09. The number of ether oxygens (including phenoxy) is 1. The van der Waals surface area contributed by atoms with Crippen LogP contribution in [0.1, 0.15) is 17.9 Å². The molecule has 1 N–H and O–H groups in total. The highest BCUT2D eigenvalue weighted by atomic mass is 19.1. The normalized spacial score (nSPS) is 20.6. The summed E-state index contributed by atoms with van der Waals surface area (Å²) >= 11 is 0. The van der Waals surface area contributed by atoms with Crippen LogP contribution in [0, 0.1) is 5.82 Å². The number of rotatable bonds is 1. The van der Waals surface area contributed by atoms with Gasteiger partial charge in [0.1, 0.15) is 11.6 Å². The van der Waals surface area contributed by atoms with Crippen LogP contribution < -0.4 is 4.74 Å². The van der Waals surface area contributed by atoms with Crippen molar-refractivity contribution >= 4 is 0 Å². The summed E-state index contributed by atoms with van der Waals surface area (Å²) in [4.78, 5) is 0. The number of hydrogen-bond donors (Lipinski definition) is 1.